The first-order valence-electron chi connectivity index (χ1n) is 7.97. The fraction of sp³-hybridized carbons (Fsp3) is 0.158. The molecule has 0 fully saturated rings. The quantitative estimate of drug-likeness (QED) is 0.768. The van der Waals surface area contributed by atoms with Crippen LogP contribution in [-0.2, 0) is 4.79 Å². The number of hydrogen-bond acceptors (Lipinski definition) is 3. The summed E-state index contributed by atoms with van der Waals surface area (Å²) < 4.78 is 5.16. The van der Waals surface area contributed by atoms with E-state index >= 15 is 0 Å². The van der Waals surface area contributed by atoms with Crippen molar-refractivity contribution in [1.82, 2.24) is 10.6 Å². The van der Waals surface area contributed by atoms with Gasteiger partial charge in [-0.2, -0.15) is 0 Å². The number of rotatable bonds is 4. The van der Waals surface area contributed by atoms with Gasteiger partial charge in [0.05, 0.1) is 18.7 Å². The van der Waals surface area contributed by atoms with E-state index in [2.05, 4.69) is 16.0 Å². The maximum atomic E-state index is 12.9. The number of amides is 3. The van der Waals surface area contributed by atoms with Gasteiger partial charge >= 0.3 is 6.03 Å². The summed E-state index contributed by atoms with van der Waals surface area (Å²) in [7, 11) is 1.58. The van der Waals surface area contributed by atoms with Crippen molar-refractivity contribution >= 4 is 29.2 Å². The number of anilines is 1. The van der Waals surface area contributed by atoms with Crippen molar-refractivity contribution in [2.45, 2.75) is 13.0 Å². The van der Waals surface area contributed by atoms with Gasteiger partial charge in [-0.1, -0.05) is 23.7 Å². The number of halogens is 1. The number of hydrogen-bond donors (Lipinski definition) is 3. The lowest BCUT2D eigenvalue weighted by atomic mass is 9.94. The number of benzene rings is 2. The van der Waals surface area contributed by atoms with Crippen LogP contribution in [0.25, 0.3) is 0 Å². The minimum Gasteiger partial charge on any atom is -0.497 e. The van der Waals surface area contributed by atoms with Crippen molar-refractivity contribution < 1.29 is 14.3 Å². The summed E-state index contributed by atoms with van der Waals surface area (Å²) in [5, 5.41) is 8.87. The van der Waals surface area contributed by atoms with Gasteiger partial charge in [-0.05, 0) is 48.9 Å². The van der Waals surface area contributed by atoms with E-state index in [0.29, 0.717) is 27.7 Å². The second-order valence-corrected chi connectivity index (χ2v) is 6.24. The number of methoxy groups -OCH3 is 1. The van der Waals surface area contributed by atoms with Gasteiger partial charge < -0.3 is 20.7 Å². The Labute approximate surface area is 156 Å². The molecule has 2 aromatic rings. The zero-order valence-electron chi connectivity index (χ0n) is 14.3. The molecule has 1 unspecified atom stereocenters. The maximum absolute atomic E-state index is 12.9. The lowest BCUT2D eigenvalue weighted by Gasteiger charge is -2.28. The Hall–Kier alpha value is -2.99. The van der Waals surface area contributed by atoms with Crippen LogP contribution in [-0.4, -0.2) is 19.0 Å². The van der Waals surface area contributed by atoms with Crippen LogP contribution in [0, 0.1) is 0 Å². The molecule has 0 aromatic heterocycles. The van der Waals surface area contributed by atoms with Crippen LogP contribution in [0.3, 0.4) is 0 Å². The van der Waals surface area contributed by atoms with Gasteiger partial charge in [-0.15, -0.1) is 0 Å². The first kappa shape index (κ1) is 17.8. The Morgan fingerprint density at radius 1 is 1.12 bits per heavy atom. The van der Waals surface area contributed by atoms with Crippen molar-refractivity contribution in [3.63, 3.8) is 0 Å². The molecule has 2 aromatic carbocycles. The van der Waals surface area contributed by atoms with E-state index in [1.165, 1.54) is 0 Å². The standard InChI is InChI=1S/C19H18ClN3O3/c1-11-16(18(24)22-14-7-5-13(20)6-8-14)17(23-19(25)21-11)12-3-9-15(26-2)10-4-12/h3-10,17H,1-2H3,(H,22,24)(H2,21,23,25). The molecule has 0 bridgehead atoms. The number of nitrogens with one attached hydrogen (secondary N) is 3. The highest BCUT2D eigenvalue weighted by molar-refractivity contribution is 6.30. The highest BCUT2D eigenvalue weighted by Gasteiger charge is 2.31. The Morgan fingerprint density at radius 2 is 1.77 bits per heavy atom. The van der Waals surface area contributed by atoms with E-state index in [1.54, 1.807) is 50.4 Å². The molecule has 6 nitrogen and oxygen atoms in total. The van der Waals surface area contributed by atoms with Crippen LogP contribution in [0.15, 0.2) is 59.8 Å². The van der Waals surface area contributed by atoms with E-state index in [4.69, 9.17) is 16.3 Å². The molecule has 26 heavy (non-hydrogen) atoms. The highest BCUT2D eigenvalue weighted by Crippen LogP contribution is 2.29. The molecule has 0 saturated carbocycles. The maximum Gasteiger partial charge on any atom is 0.319 e. The molecular weight excluding hydrogens is 354 g/mol. The summed E-state index contributed by atoms with van der Waals surface area (Å²) in [6.45, 7) is 1.70. The van der Waals surface area contributed by atoms with Crippen LogP contribution in [0.2, 0.25) is 5.02 Å². The Kier molecular flexibility index (Phi) is 5.14. The zero-order chi connectivity index (χ0) is 18.7. The van der Waals surface area contributed by atoms with Gasteiger partial charge in [0, 0.05) is 16.4 Å². The summed E-state index contributed by atoms with van der Waals surface area (Å²) in [6.07, 6.45) is 0. The van der Waals surface area contributed by atoms with Crippen LogP contribution >= 0.6 is 11.6 Å². The van der Waals surface area contributed by atoms with Crippen molar-refractivity contribution in [1.29, 1.82) is 0 Å². The summed E-state index contributed by atoms with van der Waals surface area (Å²) in [5.41, 5.74) is 2.33. The zero-order valence-corrected chi connectivity index (χ0v) is 15.1. The fourth-order valence-electron chi connectivity index (χ4n) is 2.77. The lowest BCUT2D eigenvalue weighted by molar-refractivity contribution is -0.113. The summed E-state index contributed by atoms with van der Waals surface area (Å²) in [5.74, 6) is 0.389. The molecule has 134 valence electrons. The second-order valence-electron chi connectivity index (χ2n) is 5.80. The average molecular weight is 372 g/mol. The molecule has 3 amide bonds. The van der Waals surface area contributed by atoms with E-state index < -0.39 is 6.04 Å². The van der Waals surface area contributed by atoms with Gasteiger partial charge in [0.1, 0.15) is 5.75 Å². The van der Waals surface area contributed by atoms with Gasteiger partial charge in [0.2, 0.25) is 0 Å². The minimum atomic E-state index is -0.568. The molecular formula is C19H18ClN3O3. The summed E-state index contributed by atoms with van der Waals surface area (Å²) in [6, 6.07) is 13.1. The topological polar surface area (TPSA) is 79.5 Å². The van der Waals surface area contributed by atoms with Crippen molar-refractivity contribution in [2.75, 3.05) is 12.4 Å². The average Bonchev–Trinajstić information content (AvgIpc) is 2.63. The summed E-state index contributed by atoms with van der Waals surface area (Å²) >= 11 is 5.87. The van der Waals surface area contributed by atoms with Gasteiger partial charge in [0.25, 0.3) is 5.91 Å². The molecule has 1 atom stereocenters. The minimum absolute atomic E-state index is 0.307. The molecule has 0 aliphatic carbocycles. The smallest absolute Gasteiger partial charge is 0.319 e. The molecule has 0 saturated heterocycles. The third-order valence-corrected chi connectivity index (χ3v) is 4.32. The van der Waals surface area contributed by atoms with Crippen molar-refractivity contribution in [3.05, 3.63) is 70.4 Å². The van der Waals surface area contributed by atoms with Gasteiger partial charge in [-0.25, -0.2) is 4.79 Å². The second kappa shape index (κ2) is 7.49. The predicted molar refractivity (Wildman–Crippen MR) is 100 cm³/mol. The molecule has 1 aliphatic heterocycles. The SMILES string of the molecule is COc1ccc(C2NC(=O)NC(C)=C2C(=O)Nc2ccc(Cl)cc2)cc1. The summed E-state index contributed by atoms with van der Waals surface area (Å²) in [4.78, 5) is 24.8. The highest BCUT2D eigenvalue weighted by atomic mass is 35.5. The number of urea groups is 1. The van der Waals surface area contributed by atoms with E-state index in [-0.39, 0.29) is 11.9 Å². The molecule has 7 heteroatoms. The molecule has 0 radical (unpaired) electrons. The van der Waals surface area contributed by atoms with Gasteiger partial charge in [-0.3, -0.25) is 4.79 Å². The number of allylic oxidation sites excluding steroid dienone is 1. The first-order chi connectivity index (χ1) is 12.5. The predicted octanol–water partition coefficient (Wildman–Crippen LogP) is 3.62. The number of carbonyl (C=O) groups is 2. The van der Waals surface area contributed by atoms with E-state index in [0.717, 1.165) is 5.56 Å². The van der Waals surface area contributed by atoms with Crippen molar-refractivity contribution in [3.8, 4) is 5.75 Å². The van der Waals surface area contributed by atoms with Crippen molar-refractivity contribution in [2.24, 2.45) is 0 Å². The third kappa shape index (κ3) is 3.81. The largest absolute Gasteiger partial charge is 0.497 e. The van der Waals surface area contributed by atoms with Crippen LogP contribution < -0.4 is 20.7 Å². The number of carbonyl (C=O) groups excluding carboxylic acids is 2. The Bertz CT molecular complexity index is 861. The van der Waals surface area contributed by atoms with Crippen LogP contribution in [0.1, 0.15) is 18.5 Å². The molecule has 3 N–H and O–H groups in total. The first-order valence-corrected chi connectivity index (χ1v) is 8.35. The Morgan fingerprint density at radius 3 is 2.38 bits per heavy atom. The normalized spacial score (nSPS) is 16.6. The van der Waals surface area contributed by atoms with E-state index in [1.807, 2.05) is 12.1 Å². The van der Waals surface area contributed by atoms with Crippen LogP contribution in [0.4, 0.5) is 10.5 Å². The fourth-order valence-corrected chi connectivity index (χ4v) is 2.90. The van der Waals surface area contributed by atoms with Crippen LogP contribution in [0.5, 0.6) is 5.75 Å². The molecule has 3 rings (SSSR count). The number of ether oxygens (including phenoxy) is 1. The Balaban J connectivity index is 1.91. The van der Waals surface area contributed by atoms with Gasteiger partial charge in [0.15, 0.2) is 0 Å². The van der Waals surface area contributed by atoms with E-state index in [9.17, 15) is 9.59 Å². The monoisotopic (exact) mass is 371 g/mol. The molecule has 1 heterocycles. The molecule has 0 spiro atoms. The third-order valence-electron chi connectivity index (χ3n) is 4.06. The lowest BCUT2D eigenvalue weighted by Crippen LogP contribution is -2.45. The molecule has 1 aliphatic rings.